The lowest BCUT2D eigenvalue weighted by molar-refractivity contribution is 0.578. The first-order valence-corrected chi connectivity index (χ1v) is 7.28. The second-order valence-electron chi connectivity index (χ2n) is 3.96. The van der Waals surface area contributed by atoms with Gasteiger partial charge >= 0.3 is 0 Å². The zero-order valence-corrected chi connectivity index (χ0v) is 10.7. The van der Waals surface area contributed by atoms with Crippen LogP contribution in [-0.2, 0) is 10.1 Å². The van der Waals surface area contributed by atoms with Crippen LogP contribution in [-0.4, -0.2) is 28.4 Å². The third-order valence-corrected chi connectivity index (χ3v) is 5.94. The van der Waals surface area contributed by atoms with Gasteiger partial charge in [0, 0.05) is 10.6 Å². The van der Waals surface area contributed by atoms with Crippen LogP contribution in [0, 0.1) is 0 Å². The number of rotatable bonds is 5. The SMILES string of the molecule is CCCC[SH](=O)(c1ccccc1)N(C)C. The lowest BCUT2D eigenvalue weighted by Crippen LogP contribution is -2.33. The molecule has 0 aromatic heterocycles. The van der Waals surface area contributed by atoms with Gasteiger partial charge in [0.1, 0.15) is 0 Å². The van der Waals surface area contributed by atoms with Crippen LogP contribution >= 0.6 is 0 Å². The van der Waals surface area contributed by atoms with Crippen molar-refractivity contribution in [3.8, 4) is 0 Å². The van der Waals surface area contributed by atoms with Crippen LogP contribution in [0.1, 0.15) is 19.8 Å². The standard InChI is InChI=1S/C12H21NOS/c1-4-5-11-15(14,13(2)3)12-9-7-6-8-10-12/h6-10,15H,4-5,11H2,1-3H3. The van der Waals surface area contributed by atoms with Crippen LogP contribution in [0.2, 0.25) is 0 Å². The molecule has 1 rings (SSSR count). The summed E-state index contributed by atoms with van der Waals surface area (Å²) in [4.78, 5) is 0.975. The van der Waals surface area contributed by atoms with Crippen molar-refractivity contribution in [2.24, 2.45) is 0 Å². The molecule has 0 spiro atoms. The molecule has 0 aliphatic heterocycles. The predicted molar refractivity (Wildman–Crippen MR) is 67.7 cm³/mol. The fraction of sp³-hybridized carbons (Fsp3) is 0.500. The zero-order valence-electron chi connectivity index (χ0n) is 9.81. The normalized spacial score (nSPS) is 13.1. The number of hydrogen-bond donors (Lipinski definition) is 1. The van der Waals surface area contributed by atoms with Crippen molar-refractivity contribution in [1.29, 1.82) is 0 Å². The maximum absolute atomic E-state index is 12.8. The quantitative estimate of drug-likeness (QED) is 0.766. The Bertz CT molecular complexity index is 335. The minimum Gasteiger partial charge on any atom is -0.267 e. The first-order valence-electron chi connectivity index (χ1n) is 5.43. The summed E-state index contributed by atoms with van der Waals surface area (Å²) in [5.41, 5.74) is 0. The molecule has 1 aromatic carbocycles. The highest BCUT2D eigenvalue weighted by Crippen LogP contribution is 2.22. The topological polar surface area (TPSA) is 20.3 Å². The van der Waals surface area contributed by atoms with E-state index in [1.54, 1.807) is 0 Å². The Morgan fingerprint density at radius 1 is 1.20 bits per heavy atom. The molecule has 1 aromatic rings. The number of hydrogen-bond acceptors (Lipinski definition) is 1. The molecule has 0 radical (unpaired) electrons. The first kappa shape index (κ1) is 12.4. The molecule has 0 heterocycles. The van der Waals surface area contributed by atoms with Crippen LogP contribution < -0.4 is 0 Å². The van der Waals surface area contributed by atoms with Crippen LogP contribution in [0.25, 0.3) is 0 Å². The molecule has 3 heteroatoms. The van der Waals surface area contributed by atoms with E-state index in [4.69, 9.17) is 0 Å². The van der Waals surface area contributed by atoms with E-state index in [1.807, 2.05) is 48.7 Å². The number of benzene rings is 1. The number of thiol groups is 1. The van der Waals surface area contributed by atoms with Gasteiger partial charge < -0.3 is 0 Å². The third-order valence-electron chi connectivity index (χ3n) is 2.62. The Morgan fingerprint density at radius 2 is 1.80 bits per heavy atom. The predicted octanol–water partition coefficient (Wildman–Crippen LogP) is 2.34. The second kappa shape index (κ2) is 5.42. The molecular weight excluding hydrogens is 206 g/mol. The molecule has 0 aliphatic carbocycles. The van der Waals surface area contributed by atoms with E-state index in [-0.39, 0.29) is 0 Å². The van der Waals surface area contributed by atoms with Crippen LogP contribution in [0.15, 0.2) is 35.2 Å². The summed E-state index contributed by atoms with van der Waals surface area (Å²) < 4.78 is 14.7. The van der Waals surface area contributed by atoms with Gasteiger partial charge in [0.15, 0.2) is 0 Å². The first-order chi connectivity index (χ1) is 7.11. The summed E-state index contributed by atoms with van der Waals surface area (Å²) >= 11 is 0. The molecule has 0 saturated carbocycles. The Balaban J connectivity index is 2.97. The monoisotopic (exact) mass is 227 g/mol. The van der Waals surface area contributed by atoms with Gasteiger partial charge in [0.05, 0.1) is 0 Å². The van der Waals surface area contributed by atoms with Crippen LogP contribution in [0.3, 0.4) is 0 Å². The van der Waals surface area contributed by atoms with Crippen LogP contribution in [0.4, 0.5) is 0 Å². The van der Waals surface area contributed by atoms with Crippen molar-refractivity contribution < 1.29 is 4.21 Å². The molecule has 0 unspecified atom stereocenters. The molecule has 15 heavy (non-hydrogen) atoms. The van der Waals surface area contributed by atoms with Gasteiger partial charge in [-0.1, -0.05) is 31.5 Å². The van der Waals surface area contributed by atoms with Gasteiger partial charge in [-0.2, -0.15) is 0 Å². The third kappa shape index (κ3) is 2.89. The highest BCUT2D eigenvalue weighted by molar-refractivity contribution is 8.00. The Labute approximate surface area is 93.9 Å². The molecule has 0 atom stereocenters. The van der Waals surface area contributed by atoms with E-state index < -0.39 is 10.1 Å². The van der Waals surface area contributed by atoms with Gasteiger partial charge in [-0.05, 0) is 42.8 Å². The van der Waals surface area contributed by atoms with Crippen molar-refractivity contribution in [3.63, 3.8) is 0 Å². The van der Waals surface area contributed by atoms with E-state index in [9.17, 15) is 4.21 Å². The number of unbranched alkanes of at least 4 members (excludes halogenated alkanes) is 1. The van der Waals surface area contributed by atoms with Gasteiger partial charge in [0.25, 0.3) is 0 Å². The molecule has 0 saturated heterocycles. The van der Waals surface area contributed by atoms with Crippen molar-refractivity contribution in [2.75, 3.05) is 19.8 Å². The molecule has 0 N–H and O–H groups in total. The average molecular weight is 227 g/mol. The van der Waals surface area contributed by atoms with E-state index in [0.717, 1.165) is 23.5 Å². The highest BCUT2D eigenvalue weighted by Gasteiger charge is 2.19. The summed E-state index contributed by atoms with van der Waals surface area (Å²) in [6.45, 7) is 2.13. The van der Waals surface area contributed by atoms with E-state index in [1.165, 1.54) is 0 Å². The lowest BCUT2D eigenvalue weighted by Gasteiger charge is -2.31. The number of nitrogens with zero attached hydrogens (tertiary/aromatic N) is 1. The van der Waals surface area contributed by atoms with E-state index in [2.05, 4.69) is 6.92 Å². The molecule has 0 amide bonds. The Kier molecular flexibility index (Phi) is 4.48. The minimum absolute atomic E-state index is 0.778. The van der Waals surface area contributed by atoms with Crippen molar-refractivity contribution in [2.45, 2.75) is 24.7 Å². The molecule has 2 nitrogen and oxygen atoms in total. The summed E-state index contributed by atoms with van der Waals surface area (Å²) in [6, 6.07) is 9.81. The van der Waals surface area contributed by atoms with Crippen molar-refractivity contribution >= 4 is 10.1 Å². The zero-order chi connectivity index (χ0) is 11.3. The van der Waals surface area contributed by atoms with Crippen molar-refractivity contribution in [3.05, 3.63) is 30.3 Å². The molecular formula is C12H21NOS. The van der Waals surface area contributed by atoms with Gasteiger partial charge in [-0.25, -0.2) is 4.31 Å². The fourth-order valence-electron chi connectivity index (χ4n) is 1.59. The molecule has 0 aliphatic rings. The maximum Gasteiger partial charge on any atom is 0.0272 e. The molecule has 0 bridgehead atoms. The molecule has 0 fully saturated rings. The van der Waals surface area contributed by atoms with Crippen LogP contribution in [0.5, 0.6) is 0 Å². The Morgan fingerprint density at radius 3 is 2.27 bits per heavy atom. The van der Waals surface area contributed by atoms with Gasteiger partial charge in [-0.3, -0.25) is 4.21 Å². The summed E-state index contributed by atoms with van der Waals surface area (Å²) in [5.74, 6) is 0.778. The highest BCUT2D eigenvalue weighted by atomic mass is 32.3. The lowest BCUT2D eigenvalue weighted by atomic mass is 10.4. The maximum atomic E-state index is 12.8. The summed E-state index contributed by atoms with van der Waals surface area (Å²) in [7, 11) is 1.49. The summed E-state index contributed by atoms with van der Waals surface area (Å²) in [5, 5.41) is 0. The smallest absolute Gasteiger partial charge is 0.0272 e. The largest absolute Gasteiger partial charge is 0.267 e. The molecule has 86 valence electrons. The van der Waals surface area contributed by atoms with Gasteiger partial charge in [0.2, 0.25) is 0 Å². The minimum atomic E-state index is -2.33. The van der Waals surface area contributed by atoms with Gasteiger partial charge in [-0.15, -0.1) is 0 Å². The summed E-state index contributed by atoms with van der Waals surface area (Å²) in [6.07, 6.45) is 2.11. The second-order valence-corrected chi connectivity index (χ2v) is 7.13. The fourth-order valence-corrected chi connectivity index (χ4v) is 4.10. The van der Waals surface area contributed by atoms with E-state index >= 15 is 0 Å². The Hall–Kier alpha value is -0.670. The van der Waals surface area contributed by atoms with Crippen molar-refractivity contribution in [1.82, 2.24) is 4.31 Å². The average Bonchev–Trinajstić information content (AvgIpc) is 2.27. The van der Waals surface area contributed by atoms with E-state index in [0.29, 0.717) is 0 Å².